The molecule has 0 radical (unpaired) electrons. The van der Waals surface area contributed by atoms with Gasteiger partial charge >= 0.3 is 0 Å². The predicted molar refractivity (Wildman–Crippen MR) is 101 cm³/mol. The first-order valence-corrected chi connectivity index (χ1v) is 11.7. The Morgan fingerprint density at radius 2 is 1.57 bits per heavy atom. The average molecular weight is 358 g/mol. The molecule has 0 bridgehead atoms. The van der Waals surface area contributed by atoms with Gasteiger partial charge in [0.15, 0.2) is 0 Å². The molecule has 132 valence electrons. The van der Waals surface area contributed by atoms with Crippen LogP contribution in [-0.2, 0) is 9.59 Å². The molecule has 2 fully saturated rings. The number of rotatable bonds is 10. The zero-order valence-corrected chi connectivity index (χ0v) is 16.0. The van der Waals surface area contributed by atoms with Gasteiger partial charge in [-0.3, -0.25) is 9.59 Å². The third-order valence-electron chi connectivity index (χ3n) is 5.21. The molecule has 2 aliphatic rings. The first kappa shape index (κ1) is 19.3. The molecule has 5 heteroatoms. The Hall–Kier alpha value is -0.0000000000000000555. The Morgan fingerprint density at radius 1 is 0.913 bits per heavy atom. The predicted octanol–water partition coefficient (Wildman–Crippen LogP) is 4.11. The number of carbonyl (C=O) groups excluding carboxylic acids is 2. The fraction of sp³-hybridized carbons (Fsp3) is 0.889. The molecule has 0 heterocycles. The van der Waals surface area contributed by atoms with Crippen LogP contribution in [-0.4, -0.2) is 36.2 Å². The van der Waals surface area contributed by atoms with E-state index in [-0.39, 0.29) is 11.8 Å². The molecule has 0 saturated heterocycles. The fourth-order valence-electron chi connectivity index (χ4n) is 3.88. The molecule has 0 aliphatic heterocycles. The minimum Gasteiger partial charge on any atom is -0.303 e. The van der Waals surface area contributed by atoms with E-state index < -0.39 is 0 Å². The largest absolute Gasteiger partial charge is 0.303 e. The van der Waals surface area contributed by atoms with Crippen LogP contribution in [0.1, 0.15) is 58.3 Å². The highest BCUT2D eigenvalue weighted by atomic mass is 33.1. The number of nitrogens with one attached hydrogen (secondary N) is 1. The summed E-state index contributed by atoms with van der Waals surface area (Å²) in [5.41, 5.74) is 0. The minimum absolute atomic E-state index is 0.211. The Labute approximate surface area is 148 Å². The SMILES string of the molecule is CCSSCC1CCCCC1C(=O)CNCC(=O)C1CCCC1. The van der Waals surface area contributed by atoms with Crippen molar-refractivity contribution in [2.75, 3.05) is 24.6 Å². The van der Waals surface area contributed by atoms with Gasteiger partial charge < -0.3 is 5.32 Å². The zero-order chi connectivity index (χ0) is 16.5. The Morgan fingerprint density at radius 3 is 2.30 bits per heavy atom. The highest BCUT2D eigenvalue weighted by Crippen LogP contribution is 2.36. The lowest BCUT2D eigenvalue weighted by molar-refractivity contribution is -0.124. The van der Waals surface area contributed by atoms with E-state index in [1.807, 2.05) is 21.6 Å². The Bertz CT molecular complexity index is 383. The highest BCUT2D eigenvalue weighted by Gasteiger charge is 2.30. The van der Waals surface area contributed by atoms with Gasteiger partial charge in [-0.1, -0.05) is 54.2 Å². The molecular weight excluding hydrogens is 326 g/mol. The van der Waals surface area contributed by atoms with E-state index in [9.17, 15) is 9.59 Å². The number of Topliss-reactive ketones (excluding diaryl/α,β-unsaturated/α-hetero) is 2. The molecule has 2 atom stereocenters. The van der Waals surface area contributed by atoms with Gasteiger partial charge in [0.1, 0.15) is 11.6 Å². The zero-order valence-electron chi connectivity index (χ0n) is 14.4. The van der Waals surface area contributed by atoms with Crippen LogP contribution in [0.2, 0.25) is 0 Å². The summed E-state index contributed by atoms with van der Waals surface area (Å²) in [5.74, 6) is 3.86. The van der Waals surface area contributed by atoms with E-state index in [1.165, 1.54) is 32.1 Å². The molecule has 1 N–H and O–H groups in total. The molecule has 0 aromatic rings. The minimum atomic E-state index is 0.211. The van der Waals surface area contributed by atoms with Crippen LogP contribution in [0.3, 0.4) is 0 Å². The summed E-state index contributed by atoms with van der Waals surface area (Å²) in [5, 5.41) is 3.14. The fourth-order valence-corrected chi connectivity index (χ4v) is 6.03. The van der Waals surface area contributed by atoms with Crippen molar-refractivity contribution in [3.8, 4) is 0 Å². The van der Waals surface area contributed by atoms with Crippen LogP contribution in [0.15, 0.2) is 0 Å². The van der Waals surface area contributed by atoms with Gasteiger partial charge in [0.25, 0.3) is 0 Å². The van der Waals surface area contributed by atoms with Crippen LogP contribution in [0.25, 0.3) is 0 Å². The van der Waals surface area contributed by atoms with Crippen molar-refractivity contribution in [2.24, 2.45) is 17.8 Å². The Balaban J connectivity index is 1.70. The van der Waals surface area contributed by atoms with Crippen molar-refractivity contribution in [3.05, 3.63) is 0 Å². The standard InChI is InChI=1S/C18H31NO2S2/c1-2-22-23-13-15-9-5-6-10-16(15)18(21)12-19-11-17(20)14-7-3-4-8-14/h14-16,19H,2-13H2,1H3. The summed E-state index contributed by atoms with van der Waals surface area (Å²) < 4.78 is 0. The molecule has 2 aliphatic carbocycles. The average Bonchev–Trinajstić information content (AvgIpc) is 3.10. The first-order valence-electron chi connectivity index (χ1n) is 9.23. The summed E-state index contributed by atoms with van der Waals surface area (Å²) in [6.07, 6.45) is 9.14. The van der Waals surface area contributed by atoms with Crippen molar-refractivity contribution in [1.82, 2.24) is 5.32 Å². The third-order valence-corrected chi connectivity index (χ3v) is 7.80. The van der Waals surface area contributed by atoms with Crippen molar-refractivity contribution >= 4 is 33.2 Å². The lowest BCUT2D eigenvalue weighted by Crippen LogP contribution is -2.37. The molecule has 2 saturated carbocycles. The second-order valence-electron chi connectivity index (χ2n) is 6.86. The maximum absolute atomic E-state index is 12.6. The van der Waals surface area contributed by atoms with E-state index in [1.54, 1.807) is 0 Å². The lowest BCUT2D eigenvalue weighted by Gasteiger charge is -2.30. The maximum Gasteiger partial charge on any atom is 0.149 e. The monoisotopic (exact) mass is 357 g/mol. The Kier molecular flexibility index (Phi) is 9.06. The summed E-state index contributed by atoms with van der Waals surface area (Å²) >= 11 is 0. The molecule has 2 rings (SSSR count). The van der Waals surface area contributed by atoms with E-state index in [0.29, 0.717) is 30.6 Å². The van der Waals surface area contributed by atoms with Gasteiger partial charge in [0, 0.05) is 23.3 Å². The molecule has 23 heavy (non-hydrogen) atoms. The normalized spacial score (nSPS) is 25.6. The summed E-state index contributed by atoms with van der Waals surface area (Å²) in [6.45, 7) is 2.94. The van der Waals surface area contributed by atoms with Crippen molar-refractivity contribution in [3.63, 3.8) is 0 Å². The second kappa shape index (κ2) is 10.8. The van der Waals surface area contributed by atoms with Crippen LogP contribution in [0.5, 0.6) is 0 Å². The summed E-state index contributed by atoms with van der Waals surface area (Å²) in [7, 11) is 3.81. The number of hydrogen-bond acceptors (Lipinski definition) is 5. The van der Waals surface area contributed by atoms with Crippen molar-refractivity contribution in [2.45, 2.75) is 58.3 Å². The smallest absolute Gasteiger partial charge is 0.149 e. The van der Waals surface area contributed by atoms with Gasteiger partial charge in [-0.2, -0.15) is 0 Å². The van der Waals surface area contributed by atoms with Gasteiger partial charge in [-0.05, 0) is 31.6 Å². The maximum atomic E-state index is 12.6. The van der Waals surface area contributed by atoms with Gasteiger partial charge in [-0.25, -0.2) is 0 Å². The van der Waals surface area contributed by atoms with E-state index in [0.717, 1.165) is 30.8 Å². The molecule has 0 amide bonds. The van der Waals surface area contributed by atoms with Crippen LogP contribution >= 0.6 is 21.6 Å². The number of ketones is 2. The second-order valence-corrected chi connectivity index (χ2v) is 9.66. The van der Waals surface area contributed by atoms with Gasteiger partial charge in [0.05, 0.1) is 13.1 Å². The van der Waals surface area contributed by atoms with Crippen LogP contribution in [0.4, 0.5) is 0 Å². The topological polar surface area (TPSA) is 46.2 Å². The first-order chi connectivity index (χ1) is 11.2. The highest BCUT2D eigenvalue weighted by molar-refractivity contribution is 8.76. The van der Waals surface area contributed by atoms with Crippen LogP contribution in [0, 0.1) is 17.8 Å². The molecule has 0 aromatic carbocycles. The summed E-state index contributed by atoms with van der Waals surface area (Å²) in [6, 6.07) is 0. The molecule has 2 unspecified atom stereocenters. The number of hydrogen-bond donors (Lipinski definition) is 1. The molecular formula is C18H31NO2S2. The summed E-state index contributed by atoms with van der Waals surface area (Å²) in [4.78, 5) is 24.6. The lowest BCUT2D eigenvalue weighted by atomic mass is 9.78. The third kappa shape index (κ3) is 6.43. The number of carbonyl (C=O) groups is 2. The van der Waals surface area contributed by atoms with E-state index >= 15 is 0 Å². The van der Waals surface area contributed by atoms with Gasteiger partial charge in [0.2, 0.25) is 0 Å². The van der Waals surface area contributed by atoms with Gasteiger partial charge in [-0.15, -0.1) is 0 Å². The molecule has 0 aromatic heterocycles. The van der Waals surface area contributed by atoms with Crippen molar-refractivity contribution in [1.29, 1.82) is 0 Å². The van der Waals surface area contributed by atoms with Crippen LogP contribution < -0.4 is 5.32 Å². The molecule has 0 spiro atoms. The quantitative estimate of drug-likeness (QED) is 0.471. The van der Waals surface area contributed by atoms with Crippen molar-refractivity contribution < 1.29 is 9.59 Å². The molecule has 3 nitrogen and oxygen atoms in total. The van der Waals surface area contributed by atoms with E-state index in [4.69, 9.17) is 0 Å². The van der Waals surface area contributed by atoms with E-state index in [2.05, 4.69) is 12.2 Å².